The van der Waals surface area contributed by atoms with Crippen molar-refractivity contribution >= 4 is 34.6 Å². The molecule has 0 saturated carbocycles. The van der Waals surface area contributed by atoms with Crippen LogP contribution >= 0.6 is 0 Å². The van der Waals surface area contributed by atoms with Gasteiger partial charge in [0.25, 0.3) is 0 Å². The SMILES string of the molecule is C=CC[C@@](C)(NC(=O)[C@@H]1CCCN1C(=O)[C@H](CCCC)NC(=O)OCCCCCc1ccc2ccnc(OC)c2c1)C(=O)O. The second kappa shape index (κ2) is 16.6. The van der Waals surface area contributed by atoms with Crippen molar-refractivity contribution in [2.45, 2.75) is 95.7 Å². The van der Waals surface area contributed by atoms with Crippen molar-refractivity contribution in [1.82, 2.24) is 20.5 Å². The van der Waals surface area contributed by atoms with E-state index in [1.807, 2.05) is 13.0 Å². The molecular weight excluding hydrogens is 564 g/mol. The van der Waals surface area contributed by atoms with Crippen LogP contribution in [-0.2, 0) is 25.5 Å². The quantitative estimate of drug-likeness (QED) is 0.172. The molecule has 0 unspecified atom stereocenters. The van der Waals surface area contributed by atoms with Gasteiger partial charge in [-0.1, -0.05) is 38.0 Å². The van der Waals surface area contributed by atoms with Crippen LogP contribution in [-0.4, -0.2) is 76.8 Å². The molecule has 11 heteroatoms. The van der Waals surface area contributed by atoms with Gasteiger partial charge in [0.1, 0.15) is 17.6 Å². The normalized spacial score (nSPS) is 16.5. The molecule has 1 saturated heterocycles. The van der Waals surface area contributed by atoms with Crippen LogP contribution in [0, 0.1) is 0 Å². The molecular formula is C33H46N4O7. The molecule has 3 rings (SSSR count). The molecule has 3 atom stereocenters. The van der Waals surface area contributed by atoms with Crippen molar-refractivity contribution < 1.29 is 33.8 Å². The Morgan fingerprint density at radius 3 is 2.70 bits per heavy atom. The van der Waals surface area contributed by atoms with E-state index in [-0.39, 0.29) is 18.9 Å². The molecule has 240 valence electrons. The Morgan fingerprint density at radius 2 is 2.00 bits per heavy atom. The van der Waals surface area contributed by atoms with Gasteiger partial charge in [-0.25, -0.2) is 14.6 Å². The Kier molecular flexibility index (Phi) is 13.0. The first-order chi connectivity index (χ1) is 21.1. The number of carbonyl (C=O) groups excluding carboxylic acids is 3. The molecule has 3 N–H and O–H groups in total. The predicted molar refractivity (Wildman–Crippen MR) is 167 cm³/mol. The zero-order chi connectivity index (χ0) is 32.1. The summed E-state index contributed by atoms with van der Waals surface area (Å²) >= 11 is 0. The number of alkyl carbamates (subject to hydrolysis) is 1. The number of unbranched alkanes of at least 4 members (excludes halogenated alkanes) is 3. The van der Waals surface area contributed by atoms with E-state index in [0.717, 1.165) is 36.5 Å². The van der Waals surface area contributed by atoms with Crippen LogP contribution < -0.4 is 15.4 Å². The third kappa shape index (κ3) is 9.17. The summed E-state index contributed by atoms with van der Waals surface area (Å²) in [6, 6.07) is 6.55. The van der Waals surface area contributed by atoms with Gasteiger partial charge in [0, 0.05) is 18.1 Å². The van der Waals surface area contributed by atoms with Crippen LogP contribution in [0.2, 0.25) is 0 Å². The smallest absolute Gasteiger partial charge is 0.407 e. The van der Waals surface area contributed by atoms with Crippen LogP contribution in [0.5, 0.6) is 5.88 Å². The molecule has 2 heterocycles. The molecule has 0 bridgehead atoms. The Balaban J connectivity index is 1.48. The van der Waals surface area contributed by atoms with Crippen LogP contribution in [0.1, 0.15) is 77.2 Å². The van der Waals surface area contributed by atoms with Crippen molar-refractivity contribution in [3.63, 3.8) is 0 Å². The fourth-order valence-electron chi connectivity index (χ4n) is 5.47. The Morgan fingerprint density at radius 1 is 1.20 bits per heavy atom. The molecule has 1 aliphatic heterocycles. The van der Waals surface area contributed by atoms with Gasteiger partial charge in [-0.15, -0.1) is 6.58 Å². The van der Waals surface area contributed by atoms with E-state index in [1.54, 1.807) is 13.3 Å². The molecule has 44 heavy (non-hydrogen) atoms. The number of carboxylic acids is 1. The number of pyridine rings is 1. The summed E-state index contributed by atoms with van der Waals surface area (Å²) in [6.45, 7) is 7.56. The number of hydrogen-bond acceptors (Lipinski definition) is 7. The number of aromatic nitrogens is 1. The van der Waals surface area contributed by atoms with E-state index < -0.39 is 35.6 Å². The van der Waals surface area contributed by atoms with E-state index in [4.69, 9.17) is 9.47 Å². The van der Waals surface area contributed by atoms with E-state index in [2.05, 4.69) is 40.4 Å². The minimum absolute atomic E-state index is 0.0393. The Labute approximate surface area is 259 Å². The minimum Gasteiger partial charge on any atom is -0.481 e. The third-order valence-corrected chi connectivity index (χ3v) is 8.03. The molecule has 2 aromatic rings. The fourth-order valence-corrected chi connectivity index (χ4v) is 5.47. The number of aryl methyl sites for hydroxylation is 1. The number of aliphatic carboxylic acids is 1. The maximum atomic E-state index is 13.5. The molecule has 1 aliphatic rings. The lowest BCUT2D eigenvalue weighted by atomic mass is 9.97. The van der Waals surface area contributed by atoms with Crippen LogP contribution in [0.15, 0.2) is 43.1 Å². The summed E-state index contributed by atoms with van der Waals surface area (Å²) in [6.07, 6.45) is 8.81. The number of ether oxygens (including phenoxy) is 2. The number of fused-ring (bicyclic) bond motifs is 1. The molecule has 0 aliphatic carbocycles. The fraction of sp³-hybridized carbons (Fsp3) is 0.545. The van der Waals surface area contributed by atoms with E-state index in [0.29, 0.717) is 44.5 Å². The van der Waals surface area contributed by atoms with Gasteiger partial charge in [0.15, 0.2) is 0 Å². The Hall–Kier alpha value is -4.15. The first-order valence-electron chi connectivity index (χ1n) is 15.4. The highest BCUT2D eigenvalue weighted by Gasteiger charge is 2.41. The first-order valence-corrected chi connectivity index (χ1v) is 15.4. The molecule has 0 radical (unpaired) electrons. The predicted octanol–water partition coefficient (Wildman–Crippen LogP) is 4.77. The minimum atomic E-state index is -1.53. The van der Waals surface area contributed by atoms with Gasteiger partial charge in [-0.3, -0.25) is 9.59 Å². The summed E-state index contributed by atoms with van der Waals surface area (Å²) in [5.74, 6) is -1.47. The standard InChI is InChI=1S/C33H46N4O7/c1-5-7-13-26(30(39)37-20-11-14-27(37)28(38)36-33(3,18-6-2)31(40)41)35-32(42)44-21-10-8-9-12-23-15-16-24-17-19-34-29(43-4)25(24)22-23/h6,15-17,19,22,26-27H,2,5,7-14,18,20-21H2,1,3-4H3,(H,35,42)(H,36,38)(H,40,41)/t26-,27-,33+/m0/s1. The number of hydrogen-bond donors (Lipinski definition) is 3. The van der Waals surface area contributed by atoms with E-state index in [9.17, 15) is 24.3 Å². The van der Waals surface area contributed by atoms with Gasteiger partial charge in [-0.05, 0) is 81.4 Å². The van der Waals surface area contributed by atoms with Crippen molar-refractivity contribution in [3.05, 3.63) is 48.7 Å². The number of benzene rings is 1. The monoisotopic (exact) mass is 610 g/mol. The number of nitrogens with one attached hydrogen (secondary N) is 2. The average molecular weight is 611 g/mol. The van der Waals surface area contributed by atoms with Gasteiger partial charge in [0.05, 0.1) is 13.7 Å². The number of carboxylic acid groups (broad SMARTS) is 1. The molecule has 3 amide bonds. The van der Waals surface area contributed by atoms with Crippen LogP contribution in [0.25, 0.3) is 10.8 Å². The molecule has 1 fully saturated rings. The highest BCUT2D eigenvalue weighted by molar-refractivity contribution is 5.94. The zero-order valence-electron chi connectivity index (χ0n) is 26.1. The molecule has 1 aromatic heterocycles. The lowest BCUT2D eigenvalue weighted by molar-refractivity contribution is -0.148. The summed E-state index contributed by atoms with van der Waals surface area (Å²) in [4.78, 5) is 56.8. The second-order valence-electron chi connectivity index (χ2n) is 11.5. The third-order valence-electron chi connectivity index (χ3n) is 8.03. The largest absolute Gasteiger partial charge is 0.481 e. The van der Waals surface area contributed by atoms with Crippen molar-refractivity contribution in [2.75, 3.05) is 20.3 Å². The van der Waals surface area contributed by atoms with E-state index in [1.165, 1.54) is 23.5 Å². The zero-order valence-corrected chi connectivity index (χ0v) is 26.1. The summed E-state index contributed by atoms with van der Waals surface area (Å²) < 4.78 is 10.8. The molecule has 1 aromatic carbocycles. The number of likely N-dealkylation sites (tertiary alicyclic amines) is 1. The lowest BCUT2D eigenvalue weighted by Crippen LogP contribution is -2.59. The number of amides is 3. The first kappa shape index (κ1) is 34.3. The van der Waals surface area contributed by atoms with Crippen molar-refractivity contribution in [1.29, 1.82) is 0 Å². The average Bonchev–Trinajstić information content (AvgIpc) is 3.50. The maximum absolute atomic E-state index is 13.5. The molecule has 11 nitrogen and oxygen atoms in total. The highest BCUT2D eigenvalue weighted by atomic mass is 16.5. The number of methoxy groups -OCH3 is 1. The van der Waals surface area contributed by atoms with Gasteiger partial charge in [-0.2, -0.15) is 0 Å². The number of rotatable bonds is 17. The van der Waals surface area contributed by atoms with Gasteiger partial charge < -0.3 is 30.1 Å². The van der Waals surface area contributed by atoms with E-state index >= 15 is 0 Å². The number of nitrogens with zero attached hydrogens (tertiary/aromatic N) is 2. The lowest BCUT2D eigenvalue weighted by Gasteiger charge is -2.31. The number of carbonyl (C=O) groups is 4. The summed E-state index contributed by atoms with van der Waals surface area (Å²) in [7, 11) is 1.61. The van der Waals surface area contributed by atoms with Gasteiger partial charge in [0.2, 0.25) is 17.7 Å². The van der Waals surface area contributed by atoms with Crippen LogP contribution in [0.4, 0.5) is 4.79 Å². The topological polar surface area (TPSA) is 147 Å². The highest BCUT2D eigenvalue weighted by Crippen LogP contribution is 2.25. The maximum Gasteiger partial charge on any atom is 0.407 e. The van der Waals surface area contributed by atoms with Crippen LogP contribution in [0.3, 0.4) is 0 Å². The van der Waals surface area contributed by atoms with Crippen molar-refractivity contribution in [2.24, 2.45) is 0 Å². The summed E-state index contributed by atoms with van der Waals surface area (Å²) in [5.41, 5.74) is -0.345. The van der Waals surface area contributed by atoms with Crippen molar-refractivity contribution in [3.8, 4) is 5.88 Å². The van der Waals surface area contributed by atoms with Gasteiger partial charge >= 0.3 is 12.1 Å². The molecule has 0 spiro atoms. The second-order valence-corrected chi connectivity index (χ2v) is 11.5. The Bertz CT molecular complexity index is 1320. The summed E-state index contributed by atoms with van der Waals surface area (Å²) in [5, 5.41) is 17.0.